The number of allylic oxidation sites excluding steroid dienone is 1. The minimum Gasteiger partial charge on any atom is -0.260 e. The van der Waals surface area contributed by atoms with E-state index in [1.165, 1.54) is 0 Å². The first-order chi connectivity index (χ1) is 9.62. The molecule has 1 aromatic carbocycles. The number of nitrogens with zero attached hydrogens (tertiary/aromatic N) is 3. The summed E-state index contributed by atoms with van der Waals surface area (Å²) in [6.45, 7) is 5.70. The summed E-state index contributed by atoms with van der Waals surface area (Å²) in [7, 11) is 0. The molecule has 0 amide bonds. The largest absolute Gasteiger partial charge is 0.260 e. The number of benzene rings is 1. The number of thioether (sulfide) groups is 1. The maximum absolute atomic E-state index is 9.42. The summed E-state index contributed by atoms with van der Waals surface area (Å²) in [4.78, 5) is 5.43. The fraction of sp³-hybridized carbons (Fsp3) is 0.312. The molecule has 100 valence electrons. The topological polar surface area (TPSA) is 59.9 Å². The summed E-state index contributed by atoms with van der Waals surface area (Å²) in [6.07, 6.45) is 2.02. The molecule has 1 aromatic rings. The van der Waals surface area contributed by atoms with Gasteiger partial charge in [0, 0.05) is 16.5 Å². The van der Waals surface area contributed by atoms with Crippen LogP contribution in [0.1, 0.15) is 18.4 Å². The Labute approximate surface area is 123 Å². The molecule has 0 bridgehead atoms. The van der Waals surface area contributed by atoms with E-state index in [2.05, 4.69) is 23.7 Å². The Morgan fingerprint density at radius 1 is 1.15 bits per heavy atom. The minimum absolute atomic E-state index is 0.189. The number of aliphatic imine (C=N–C) groups is 1. The normalized spacial score (nSPS) is 25.5. The fourth-order valence-electron chi connectivity index (χ4n) is 2.56. The summed E-state index contributed by atoms with van der Waals surface area (Å²) in [6, 6.07) is 12.6. The summed E-state index contributed by atoms with van der Waals surface area (Å²) in [5.74, 6) is -1.00. The molecule has 0 aromatic heterocycles. The molecule has 0 N–H and O–H groups in total. The second kappa shape index (κ2) is 5.94. The third kappa shape index (κ3) is 2.48. The van der Waals surface area contributed by atoms with Crippen LogP contribution in [0.5, 0.6) is 0 Å². The highest BCUT2D eigenvalue weighted by atomic mass is 32.2. The van der Waals surface area contributed by atoms with E-state index in [4.69, 9.17) is 0 Å². The van der Waals surface area contributed by atoms with Gasteiger partial charge in [-0.25, -0.2) is 0 Å². The van der Waals surface area contributed by atoms with Crippen LogP contribution in [0.15, 0.2) is 46.4 Å². The van der Waals surface area contributed by atoms with E-state index in [0.29, 0.717) is 5.70 Å². The lowest BCUT2D eigenvalue weighted by Crippen LogP contribution is -2.30. The van der Waals surface area contributed by atoms with Crippen molar-refractivity contribution in [2.45, 2.75) is 17.7 Å². The van der Waals surface area contributed by atoms with Gasteiger partial charge in [0.2, 0.25) is 0 Å². The van der Waals surface area contributed by atoms with Crippen LogP contribution >= 0.6 is 11.8 Å². The second-order valence-corrected chi connectivity index (χ2v) is 5.64. The van der Waals surface area contributed by atoms with Crippen molar-refractivity contribution in [3.63, 3.8) is 0 Å². The van der Waals surface area contributed by atoms with Crippen molar-refractivity contribution in [2.75, 3.05) is 6.26 Å². The van der Waals surface area contributed by atoms with Gasteiger partial charge in [-0.05, 0) is 30.9 Å². The molecule has 3 atom stereocenters. The van der Waals surface area contributed by atoms with Crippen molar-refractivity contribution < 1.29 is 0 Å². The Bertz CT molecular complexity index is 631. The fourth-order valence-corrected chi connectivity index (χ4v) is 2.97. The standard InChI is InChI=1S/C16H15N3S/c1-10-14(8-17)16(15(9-18)11(2)19-10)12-4-6-13(20-3)7-5-12/h4-7,14-16H,1H2,2-3H3/t14-,15?,16+/m1/s1. The van der Waals surface area contributed by atoms with Gasteiger partial charge < -0.3 is 0 Å². The van der Waals surface area contributed by atoms with Gasteiger partial charge in [0.15, 0.2) is 0 Å². The van der Waals surface area contributed by atoms with E-state index < -0.39 is 5.92 Å². The number of rotatable bonds is 2. The zero-order chi connectivity index (χ0) is 14.7. The molecule has 20 heavy (non-hydrogen) atoms. The van der Waals surface area contributed by atoms with Crippen LogP contribution in [0.2, 0.25) is 0 Å². The van der Waals surface area contributed by atoms with Gasteiger partial charge in [-0.1, -0.05) is 18.7 Å². The number of hydrogen-bond acceptors (Lipinski definition) is 4. The molecule has 0 saturated carbocycles. The quantitative estimate of drug-likeness (QED) is 0.775. The molecule has 0 fully saturated rings. The molecular formula is C16H15N3S. The molecule has 1 unspecified atom stereocenters. The molecule has 0 spiro atoms. The van der Waals surface area contributed by atoms with Crippen LogP contribution < -0.4 is 0 Å². The highest BCUT2D eigenvalue weighted by Crippen LogP contribution is 2.40. The molecular weight excluding hydrogens is 266 g/mol. The predicted molar refractivity (Wildman–Crippen MR) is 81.4 cm³/mol. The molecule has 1 aliphatic heterocycles. The van der Waals surface area contributed by atoms with E-state index in [1.807, 2.05) is 37.4 Å². The highest BCUT2D eigenvalue weighted by molar-refractivity contribution is 7.98. The van der Waals surface area contributed by atoms with E-state index in [1.54, 1.807) is 11.8 Å². The smallest absolute Gasteiger partial charge is 0.0963 e. The zero-order valence-electron chi connectivity index (χ0n) is 11.5. The van der Waals surface area contributed by atoms with Gasteiger partial charge in [-0.15, -0.1) is 11.8 Å². The average molecular weight is 281 g/mol. The maximum Gasteiger partial charge on any atom is 0.0963 e. The Kier molecular flexibility index (Phi) is 4.27. The summed E-state index contributed by atoms with van der Waals surface area (Å²) in [5.41, 5.74) is 2.29. The third-order valence-corrected chi connectivity index (χ3v) is 4.37. The summed E-state index contributed by atoms with van der Waals surface area (Å²) >= 11 is 1.67. The lowest BCUT2D eigenvalue weighted by atomic mass is 9.73. The molecule has 3 nitrogen and oxygen atoms in total. The van der Waals surface area contributed by atoms with E-state index in [9.17, 15) is 10.5 Å². The maximum atomic E-state index is 9.42. The molecule has 4 heteroatoms. The number of hydrogen-bond donors (Lipinski definition) is 0. The van der Waals surface area contributed by atoms with Crippen molar-refractivity contribution in [1.82, 2.24) is 0 Å². The summed E-state index contributed by atoms with van der Waals surface area (Å²) < 4.78 is 0. The predicted octanol–water partition coefficient (Wildman–Crippen LogP) is 3.76. The van der Waals surface area contributed by atoms with Crippen molar-refractivity contribution in [1.29, 1.82) is 10.5 Å². The van der Waals surface area contributed by atoms with E-state index in [-0.39, 0.29) is 11.8 Å². The molecule has 0 saturated heterocycles. The van der Waals surface area contributed by atoms with Crippen molar-refractivity contribution in [3.05, 3.63) is 42.1 Å². The van der Waals surface area contributed by atoms with E-state index in [0.717, 1.165) is 16.2 Å². The van der Waals surface area contributed by atoms with Gasteiger partial charge in [-0.3, -0.25) is 4.99 Å². The first-order valence-electron chi connectivity index (χ1n) is 6.29. The zero-order valence-corrected chi connectivity index (χ0v) is 12.3. The molecule has 2 rings (SSSR count). The van der Waals surface area contributed by atoms with Gasteiger partial charge in [0.25, 0.3) is 0 Å². The molecule has 1 heterocycles. The summed E-state index contributed by atoms with van der Waals surface area (Å²) in [5, 5.41) is 18.8. The average Bonchev–Trinajstić information content (AvgIpc) is 2.46. The van der Waals surface area contributed by atoms with Gasteiger partial charge in [0.1, 0.15) is 0 Å². The van der Waals surface area contributed by atoms with Crippen molar-refractivity contribution >= 4 is 17.5 Å². The first kappa shape index (κ1) is 14.4. The Balaban J connectivity index is 2.49. The lowest BCUT2D eigenvalue weighted by molar-refractivity contribution is 0.510. The van der Waals surface area contributed by atoms with Crippen LogP contribution in [0.3, 0.4) is 0 Å². The SMILES string of the molecule is C=C1N=C(C)C(C#N)[C@@H](c2ccc(SC)cc2)[C@@H]1C#N. The Morgan fingerprint density at radius 2 is 1.75 bits per heavy atom. The molecule has 0 radical (unpaired) electrons. The van der Waals surface area contributed by atoms with Gasteiger partial charge >= 0.3 is 0 Å². The van der Waals surface area contributed by atoms with Crippen LogP contribution in [-0.4, -0.2) is 12.0 Å². The first-order valence-corrected chi connectivity index (χ1v) is 7.52. The van der Waals surface area contributed by atoms with Crippen molar-refractivity contribution in [3.8, 4) is 12.1 Å². The molecule has 1 aliphatic rings. The minimum atomic E-state index is -0.441. The Hall–Kier alpha value is -2.04. The highest BCUT2D eigenvalue weighted by Gasteiger charge is 2.38. The van der Waals surface area contributed by atoms with Crippen molar-refractivity contribution in [2.24, 2.45) is 16.8 Å². The second-order valence-electron chi connectivity index (χ2n) is 4.76. The Morgan fingerprint density at radius 3 is 2.25 bits per heavy atom. The lowest BCUT2D eigenvalue weighted by Gasteiger charge is -2.31. The van der Waals surface area contributed by atoms with Gasteiger partial charge in [-0.2, -0.15) is 10.5 Å². The number of nitriles is 2. The van der Waals surface area contributed by atoms with Gasteiger partial charge in [0.05, 0.1) is 29.7 Å². The monoisotopic (exact) mass is 281 g/mol. The van der Waals surface area contributed by atoms with Crippen LogP contribution in [-0.2, 0) is 0 Å². The van der Waals surface area contributed by atoms with Crippen LogP contribution in [0.25, 0.3) is 0 Å². The van der Waals surface area contributed by atoms with Crippen LogP contribution in [0, 0.1) is 34.5 Å². The van der Waals surface area contributed by atoms with E-state index >= 15 is 0 Å². The molecule has 0 aliphatic carbocycles. The third-order valence-electron chi connectivity index (χ3n) is 3.63. The van der Waals surface area contributed by atoms with Crippen LogP contribution in [0.4, 0.5) is 0 Å².